The molecule has 26 heavy (non-hydrogen) atoms. The number of carbonyl (C=O) groups excluding carboxylic acids is 3. The maximum atomic E-state index is 12.5. The minimum atomic E-state index is -0.485. The van der Waals surface area contributed by atoms with Gasteiger partial charge in [-0.15, -0.1) is 0 Å². The molecule has 0 atom stereocenters. The first-order valence-corrected chi connectivity index (χ1v) is 8.41. The molecule has 0 radical (unpaired) electrons. The molecular formula is C19H19ClN2O4. The second kappa shape index (κ2) is 9.01. The van der Waals surface area contributed by atoms with Gasteiger partial charge in [-0.1, -0.05) is 18.5 Å². The van der Waals surface area contributed by atoms with E-state index in [0.29, 0.717) is 33.9 Å². The molecule has 0 aliphatic rings. The molecule has 6 nitrogen and oxygen atoms in total. The maximum absolute atomic E-state index is 12.5. The summed E-state index contributed by atoms with van der Waals surface area (Å²) in [4.78, 5) is 36.2. The second-order valence-electron chi connectivity index (χ2n) is 5.47. The zero-order valence-corrected chi connectivity index (χ0v) is 15.2. The van der Waals surface area contributed by atoms with Gasteiger partial charge in [0.05, 0.1) is 23.9 Å². The Balaban J connectivity index is 2.21. The predicted molar refractivity (Wildman–Crippen MR) is 99.8 cm³/mol. The highest BCUT2D eigenvalue weighted by Crippen LogP contribution is 2.22. The van der Waals surface area contributed by atoms with Gasteiger partial charge >= 0.3 is 5.97 Å². The minimum Gasteiger partial charge on any atom is -0.465 e. The van der Waals surface area contributed by atoms with E-state index in [1.807, 2.05) is 6.92 Å². The Hall–Kier alpha value is -2.86. The number of methoxy groups -OCH3 is 1. The number of rotatable bonds is 6. The van der Waals surface area contributed by atoms with Crippen molar-refractivity contribution in [3.63, 3.8) is 0 Å². The molecule has 0 saturated heterocycles. The van der Waals surface area contributed by atoms with Crippen LogP contribution in [0, 0.1) is 0 Å². The first-order valence-electron chi connectivity index (χ1n) is 8.03. The number of benzene rings is 2. The van der Waals surface area contributed by atoms with E-state index in [1.54, 1.807) is 12.1 Å². The standard InChI is InChI=1S/C19H19ClN2O4/c1-3-10-21-18(24)15-9-8-14(20)11-16(15)22-17(23)12-4-6-13(7-5-12)19(25)26-2/h4-9,11H,3,10H2,1-2H3,(H,21,24)(H,22,23). The van der Waals surface area contributed by atoms with Crippen LogP contribution < -0.4 is 10.6 Å². The molecule has 0 unspecified atom stereocenters. The molecule has 2 aromatic rings. The topological polar surface area (TPSA) is 84.5 Å². The van der Waals surface area contributed by atoms with Crippen LogP contribution in [-0.4, -0.2) is 31.4 Å². The van der Waals surface area contributed by atoms with Crippen LogP contribution in [0.25, 0.3) is 0 Å². The third-order valence-corrected chi connectivity index (χ3v) is 3.81. The molecule has 0 fully saturated rings. The summed E-state index contributed by atoms with van der Waals surface area (Å²) in [6, 6.07) is 10.7. The highest BCUT2D eigenvalue weighted by atomic mass is 35.5. The quantitative estimate of drug-likeness (QED) is 0.757. The van der Waals surface area contributed by atoms with Crippen LogP contribution in [-0.2, 0) is 4.74 Å². The van der Waals surface area contributed by atoms with Gasteiger partial charge in [0.15, 0.2) is 0 Å². The predicted octanol–water partition coefficient (Wildman–Crippen LogP) is 3.52. The van der Waals surface area contributed by atoms with Crippen molar-refractivity contribution in [2.75, 3.05) is 19.0 Å². The van der Waals surface area contributed by atoms with Crippen molar-refractivity contribution in [2.45, 2.75) is 13.3 Å². The van der Waals surface area contributed by atoms with Gasteiger partial charge in [0.2, 0.25) is 0 Å². The molecule has 0 heterocycles. The monoisotopic (exact) mass is 374 g/mol. The molecule has 2 N–H and O–H groups in total. The molecule has 2 aromatic carbocycles. The maximum Gasteiger partial charge on any atom is 0.337 e. The molecule has 2 amide bonds. The van der Waals surface area contributed by atoms with Gasteiger partial charge in [-0.25, -0.2) is 4.79 Å². The molecule has 7 heteroatoms. The van der Waals surface area contributed by atoms with Crippen molar-refractivity contribution in [2.24, 2.45) is 0 Å². The number of anilines is 1. The summed E-state index contributed by atoms with van der Waals surface area (Å²) in [5, 5.41) is 5.85. The van der Waals surface area contributed by atoms with Gasteiger partial charge in [-0.3, -0.25) is 9.59 Å². The zero-order valence-electron chi connectivity index (χ0n) is 14.5. The smallest absolute Gasteiger partial charge is 0.337 e. The van der Waals surface area contributed by atoms with Crippen molar-refractivity contribution in [1.82, 2.24) is 5.32 Å². The van der Waals surface area contributed by atoms with Crippen LogP contribution in [0.15, 0.2) is 42.5 Å². The number of hydrogen-bond acceptors (Lipinski definition) is 4. The summed E-state index contributed by atoms with van der Waals surface area (Å²) in [5.74, 6) is -1.20. The fourth-order valence-electron chi connectivity index (χ4n) is 2.22. The van der Waals surface area contributed by atoms with Crippen LogP contribution in [0.5, 0.6) is 0 Å². The third kappa shape index (κ3) is 4.83. The highest BCUT2D eigenvalue weighted by Gasteiger charge is 2.15. The Bertz CT molecular complexity index is 819. The van der Waals surface area contributed by atoms with Crippen molar-refractivity contribution in [3.05, 3.63) is 64.2 Å². The van der Waals surface area contributed by atoms with Crippen molar-refractivity contribution in [3.8, 4) is 0 Å². The Morgan fingerprint density at radius 1 is 1.00 bits per heavy atom. The SMILES string of the molecule is CCCNC(=O)c1ccc(Cl)cc1NC(=O)c1ccc(C(=O)OC)cc1. The first-order chi connectivity index (χ1) is 12.5. The lowest BCUT2D eigenvalue weighted by Gasteiger charge is -2.12. The fraction of sp³-hybridized carbons (Fsp3) is 0.211. The normalized spacial score (nSPS) is 10.1. The number of halogens is 1. The molecule has 0 spiro atoms. The van der Waals surface area contributed by atoms with Crippen LogP contribution >= 0.6 is 11.6 Å². The molecule has 0 bridgehead atoms. The van der Waals surface area contributed by atoms with E-state index in [-0.39, 0.29) is 5.91 Å². The van der Waals surface area contributed by atoms with Crippen molar-refractivity contribution < 1.29 is 19.1 Å². The van der Waals surface area contributed by atoms with Gasteiger partial charge in [0.25, 0.3) is 11.8 Å². The van der Waals surface area contributed by atoms with E-state index in [2.05, 4.69) is 15.4 Å². The second-order valence-corrected chi connectivity index (χ2v) is 5.91. The number of hydrogen-bond donors (Lipinski definition) is 2. The number of esters is 1. The van der Waals surface area contributed by atoms with E-state index in [1.165, 1.54) is 37.4 Å². The zero-order chi connectivity index (χ0) is 19.1. The summed E-state index contributed by atoms with van der Waals surface area (Å²) in [6.45, 7) is 2.48. The van der Waals surface area contributed by atoms with E-state index < -0.39 is 11.9 Å². The van der Waals surface area contributed by atoms with Gasteiger partial charge in [0, 0.05) is 17.1 Å². The average Bonchev–Trinajstić information content (AvgIpc) is 2.65. The number of nitrogens with one attached hydrogen (secondary N) is 2. The van der Waals surface area contributed by atoms with Gasteiger partial charge < -0.3 is 15.4 Å². The minimum absolute atomic E-state index is 0.292. The Morgan fingerprint density at radius 2 is 1.65 bits per heavy atom. The third-order valence-electron chi connectivity index (χ3n) is 3.58. The van der Waals surface area contributed by atoms with E-state index in [4.69, 9.17) is 11.6 Å². The lowest BCUT2D eigenvalue weighted by molar-refractivity contribution is 0.0600. The van der Waals surface area contributed by atoms with Crippen LogP contribution in [0.1, 0.15) is 44.4 Å². The number of ether oxygens (including phenoxy) is 1. The summed E-state index contributed by atoms with van der Waals surface area (Å²) >= 11 is 5.99. The highest BCUT2D eigenvalue weighted by molar-refractivity contribution is 6.31. The lowest BCUT2D eigenvalue weighted by atomic mass is 10.1. The Kier molecular flexibility index (Phi) is 6.74. The molecular weight excluding hydrogens is 356 g/mol. The average molecular weight is 375 g/mol. The molecule has 0 aliphatic carbocycles. The van der Waals surface area contributed by atoms with E-state index in [0.717, 1.165) is 6.42 Å². The van der Waals surface area contributed by atoms with Gasteiger partial charge in [-0.05, 0) is 48.9 Å². The van der Waals surface area contributed by atoms with Crippen LogP contribution in [0.2, 0.25) is 5.02 Å². The Morgan fingerprint density at radius 3 is 2.27 bits per heavy atom. The summed E-state index contributed by atoms with van der Waals surface area (Å²) < 4.78 is 4.62. The summed E-state index contributed by atoms with van der Waals surface area (Å²) in [6.07, 6.45) is 0.799. The first kappa shape index (κ1) is 19.5. The van der Waals surface area contributed by atoms with Crippen LogP contribution in [0.4, 0.5) is 5.69 Å². The van der Waals surface area contributed by atoms with Crippen molar-refractivity contribution in [1.29, 1.82) is 0 Å². The van der Waals surface area contributed by atoms with E-state index in [9.17, 15) is 14.4 Å². The largest absolute Gasteiger partial charge is 0.465 e. The van der Waals surface area contributed by atoms with Crippen molar-refractivity contribution >= 4 is 35.1 Å². The fourth-order valence-corrected chi connectivity index (χ4v) is 2.39. The van der Waals surface area contributed by atoms with Crippen LogP contribution in [0.3, 0.4) is 0 Å². The lowest BCUT2D eigenvalue weighted by Crippen LogP contribution is -2.25. The number of amides is 2. The van der Waals surface area contributed by atoms with E-state index >= 15 is 0 Å². The Labute approximate surface area is 156 Å². The van der Waals surface area contributed by atoms with Gasteiger partial charge in [-0.2, -0.15) is 0 Å². The molecule has 136 valence electrons. The molecule has 0 aliphatic heterocycles. The van der Waals surface area contributed by atoms with Gasteiger partial charge in [0.1, 0.15) is 0 Å². The molecule has 0 aromatic heterocycles. The summed E-state index contributed by atoms with van der Waals surface area (Å²) in [5.41, 5.74) is 1.31. The molecule has 0 saturated carbocycles. The number of carbonyl (C=O) groups is 3. The molecule has 2 rings (SSSR count). The summed E-state index contributed by atoms with van der Waals surface area (Å²) in [7, 11) is 1.28.